The van der Waals surface area contributed by atoms with E-state index in [-0.39, 0.29) is 12.5 Å². The third-order valence-corrected chi connectivity index (χ3v) is 17.6. The number of nitrogens with one attached hydrogen (secondary N) is 1. The zero-order valence-corrected chi connectivity index (χ0v) is 55.4. The van der Waals surface area contributed by atoms with E-state index in [0.29, 0.717) is 6.42 Å². The van der Waals surface area contributed by atoms with Gasteiger partial charge in [-0.3, -0.25) is 4.79 Å². The molecular weight excluding hydrogens is 1040 g/mol. The summed E-state index contributed by atoms with van der Waals surface area (Å²) >= 11 is 0. The minimum absolute atomic E-state index is 0.184. The van der Waals surface area contributed by atoms with E-state index in [1.165, 1.54) is 302 Å². The number of carbonyl (C=O) groups is 1. The summed E-state index contributed by atoms with van der Waals surface area (Å²) in [4.78, 5) is 13.1. The molecule has 7 unspecified atom stereocenters. The molecular formula is C75H141NO8. The molecule has 1 saturated heterocycles. The number of amides is 1. The molecule has 1 amide bonds. The first-order chi connectivity index (χ1) is 41.3. The fraction of sp³-hybridized carbons (Fsp3) is 0.880. The van der Waals surface area contributed by atoms with E-state index in [1.54, 1.807) is 6.08 Å². The Bertz CT molecular complexity index is 1470. The Morgan fingerprint density at radius 2 is 0.679 bits per heavy atom. The fourth-order valence-corrected chi connectivity index (χ4v) is 11.8. The number of aliphatic hydroxyl groups is 5. The summed E-state index contributed by atoms with van der Waals surface area (Å²) in [6.45, 7) is 3.81. The third-order valence-electron chi connectivity index (χ3n) is 17.6. The van der Waals surface area contributed by atoms with E-state index in [0.717, 1.165) is 44.9 Å². The van der Waals surface area contributed by atoms with Crippen molar-refractivity contribution in [2.75, 3.05) is 13.2 Å². The summed E-state index contributed by atoms with van der Waals surface area (Å²) < 4.78 is 11.3. The minimum atomic E-state index is -1.58. The van der Waals surface area contributed by atoms with Gasteiger partial charge in [-0.15, -0.1) is 0 Å². The van der Waals surface area contributed by atoms with Crippen molar-refractivity contribution in [2.24, 2.45) is 0 Å². The van der Waals surface area contributed by atoms with Gasteiger partial charge in [0, 0.05) is 6.42 Å². The number of allylic oxidation sites excluding steroid dienone is 7. The van der Waals surface area contributed by atoms with Crippen molar-refractivity contribution in [1.29, 1.82) is 0 Å². The number of carbonyl (C=O) groups excluding carboxylic acids is 1. The van der Waals surface area contributed by atoms with Crippen LogP contribution < -0.4 is 5.32 Å². The van der Waals surface area contributed by atoms with Crippen LogP contribution in [-0.2, 0) is 14.3 Å². The van der Waals surface area contributed by atoms with Gasteiger partial charge in [-0.25, -0.2) is 0 Å². The molecule has 0 spiro atoms. The monoisotopic (exact) mass is 1180 g/mol. The molecule has 6 N–H and O–H groups in total. The number of rotatable bonds is 65. The van der Waals surface area contributed by atoms with Crippen molar-refractivity contribution >= 4 is 5.91 Å². The molecule has 0 radical (unpaired) electrons. The van der Waals surface area contributed by atoms with Crippen LogP contribution in [0.15, 0.2) is 48.6 Å². The van der Waals surface area contributed by atoms with E-state index in [9.17, 15) is 30.3 Å². The van der Waals surface area contributed by atoms with Crippen LogP contribution in [0.2, 0.25) is 0 Å². The Hall–Kier alpha value is -1.85. The summed E-state index contributed by atoms with van der Waals surface area (Å²) in [5.74, 6) is -0.184. The maximum Gasteiger partial charge on any atom is 0.220 e. The fourth-order valence-electron chi connectivity index (χ4n) is 11.8. The van der Waals surface area contributed by atoms with Gasteiger partial charge in [-0.05, 0) is 70.6 Å². The van der Waals surface area contributed by atoms with Gasteiger partial charge >= 0.3 is 0 Å². The molecule has 1 fully saturated rings. The first-order valence-electron chi connectivity index (χ1n) is 36.9. The summed E-state index contributed by atoms with van der Waals surface area (Å²) in [6, 6.07) is -0.829. The molecule has 0 saturated carbocycles. The third kappa shape index (κ3) is 52.1. The lowest BCUT2D eigenvalue weighted by molar-refractivity contribution is -0.302. The van der Waals surface area contributed by atoms with E-state index in [1.807, 2.05) is 6.08 Å². The Balaban J connectivity index is 2.11. The average Bonchev–Trinajstić information content (AvgIpc) is 3.70. The highest BCUT2D eigenvalue weighted by atomic mass is 16.7. The van der Waals surface area contributed by atoms with Crippen LogP contribution in [0, 0.1) is 0 Å². The summed E-state index contributed by atoms with van der Waals surface area (Å²) in [6.07, 6.45) is 81.0. The zero-order chi connectivity index (χ0) is 60.7. The van der Waals surface area contributed by atoms with Gasteiger partial charge in [0.15, 0.2) is 6.29 Å². The average molecular weight is 1180 g/mol. The SMILES string of the molecule is CCCCCCCCCC/C=C\CCCCCCCCCCCCCCCCCCCCCCCCCC(=O)NC(COC1OC(CO)C(O)C(O)C1O)C(O)/C=C/CC/C=C/CC/C=C/CCCCCCCCCCCCCCCCCC. The molecule has 1 rings (SSSR count). The van der Waals surface area contributed by atoms with Crippen LogP contribution in [0.4, 0.5) is 0 Å². The molecule has 0 bridgehead atoms. The quantitative estimate of drug-likeness (QED) is 0.0261. The van der Waals surface area contributed by atoms with E-state index < -0.39 is 49.5 Å². The molecule has 9 nitrogen and oxygen atoms in total. The van der Waals surface area contributed by atoms with Crippen LogP contribution in [-0.4, -0.2) is 87.5 Å². The number of aliphatic hydroxyl groups excluding tert-OH is 5. The maximum absolute atomic E-state index is 13.1. The molecule has 84 heavy (non-hydrogen) atoms. The first-order valence-corrected chi connectivity index (χ1v) is 36.9. The maximum atomic E-state index is 13.1. The van der Waals surface area contributed by atoms with E-state index >= 15 is 0 Å². The molecule has 494 valence electrons. The Morgan fingerprint density at radius 1 is 0.393 bits per heavy atom. The lowest BCUT2D eigenvalue weighted by atomic mass is 9.99. The predicted molar refractivity (Wildman–Crippen MR) is 359 cm³/mol. The Labute approximate surface area is 520 Å². The van der Waals surface area contributed by atoms with Crippen molar-refractivity contribution in [3.05, 3.63) is 48.6 Å². The predicted octanol–water partition coefficient (Wildman–Crippen LogP) is 20.4. The molecule has 0 aromatic rings. The van der Waals surface area contributed by atoms with E-state index in [2.05, 4.69) is 55.6 Å². The molecule has 0 aromatic carbocycles. The van der Waals surface area contributed by atoms with Gasteiger partial charge in [-0.1, -0.05) is 339 Å². The molecule has 9 heteroatoms. The zero-order valence-electron chi connectivity index (χ0n) is 55.4. The Kier molecular flexibility index (Phi) is 61.2. The largest absolute Gasteiger partial charge is 0.394 e. The van der Waals surface area contributed by atoms with E-state index in [4.69, 9.17) is 9.47 Å². The van der Waals surface area contributed by atoms with Gasteiger partial charge in [0.1, 0.15) is 24.4 Å². The molecule has 1 aliphatic heterocycles. The van der Waals surface area contributed by atoms with Crippen LogP contribution in [0.5, 0.6) is 0 Å². The van der Waals surface area contributed by atoms with Crippen LogP contribution in [0.1, 0.15) is 367 Å². The summed E-state index contributed by atoms with van der Waals surface area (Å²) in [5, 5.41) is 54.8. The Morgan fingerprint density at radius 3 is 1.00 bits per heavy atom. The number of hydrogen-bond acceptors (Lipinski definition) is 8. The van der Waals surface area contributed by atoms with Crippen LogP contribution in [0.3, 0.4) is 0 Å². The molecule has 0 aromatic heterocycles. The second-order valence-corrected chi connectivity index (χ2v) is 25.7. The smallest absolute Gasteiger partial charge is 0.220 e. The van der Waals surface area contributed by atoms with Crippen LogP contribution >= 0.6 is 0 Å². The topological polar surface area (TPSA) is 149 Å². The normalized spacial score (nSPS) is 18.4. The van der Waals surface area contributed by atoms with Crippen molar-refractivity contribution in [3.63, 3.8) is 0 Å². The molecule has 7 atom stereocenters. The minimum Gasteiger partial charge on any atom is -0.394 e. The second-order valence-electron chi connectivity index (χ2n) is 25.7. The van der Waals surface area contributed by atoms with Gasteiger partial charge in [0.2, 0.25) is 5.91 Å². The van der Waals surface area contributed by atoms with Gasteiger partial charge < -0.3 is 40.3 Å². The highest BCUT2D eigenvalue weighted by molar-refractivity contribution is 5.76. The standard InChI is InChI=1S/C75H141NO8/c1-3-5-7-9-11-13-15-17-19-21-23-25-27-29-31-32-33-34-35-36-37-38-39-41-43-45-47-49-51-53-55-57-59-61-63-65-71(79)76-68(67-83-75-74(82)73(81)72(80)70(66-77)84-75)69(78)64-62-60-58-56-54-52-50-48-46-44-42-40-30-28-26-24-22-20-18-16-14-12-10-8-6-4-2/h21,23,46,48,54,56,62,64,68-70,72-75,77-78,80-82H,3-20,22,24-45,47,49-53,55,57-61,63,65-67H2,1-2H3,(H,76,79)/b23-21-,48-46+,56-54+,64-62+. The number of ether oxygens (including phenoxy) is 2. The summed E-state index contributed by atoms with van der Waals surface area (Å²) in [7, 11) is 0. The summed E-state index contributed by atoms with van der Waals surface area (Å²) in [5.41, 5.74) is 0. The van der Waals surface area contributed by atoms with Gasteiger partial charge in [0.25, 0.3) is 0 Å². The molecule has 1 heterocycles. The highest BCUT2D eigenvalue weighted by Gasteiger charge is 2.44. The molecule has 0 aliphatic carbocycles. The van der Waals surface area contributed by atoms with Gasteiger partial charge in [-0.2, -0.15) is 0 Å². The first kappa shape index (κ1) is 80.2. The van der Waals surface area contributed by atoms with Crippen LogP contribution in [0.25, 0.3) is 0 Å². The molecule has 1 aliphatic rings. The lowest BCUT2D eigenvalue weighted by Crippen LogP contribution is -2.60. The lowest BCUT2D eigenvalue weighted by Gasteiger charge is -2.40. The second kappa shape index (κ2) is 64.1. The van der Waals surface area contributed by atoms with Crippen molar-refractivity contribution in [3.8, 4) is 0 Å². The van der Waals surface area contributed by atoms with Crippen molar-refractivity contribution in [1.82, 2.24) is 5.32 Å². The number of unbranched alkanes of at least 4 members (excludes halogenated alkanes) is 49. The van der Waals surface area contributed by atoms with Crippen molar-refractivity contribution < 1.29 is 39.8 Å². The number of hydrogen-bond donors (Lipinski definition) is 6. The van der Waals surface area contributed by atoms with Gasteiger partial charge in [0.05, 0.1) is 25.4 Å². The van der Waals surface area contributed by atoms with Crippen molar-refractivity contribution in [2.45, 2.75) is 410 Å². The highest BCUT2D eigenvalue weighted by Crippen LogP contribution is 2.23.